The maximum Gasteiger partial charge on any atom is 0.251 e. The van der Waals surface area contributed by atoms with E-state index in [4.69, 9.17) is 0 Å². The number of aryl methyl sites for hydroxylation is 1. The smallest absolute Gasteiger partial charge is 0.251 e. The van der Waals surface area contributed by atoms with Crippen LogP contribution in [0.15, 0.2) is 34.5 Å². The number of amides is 1. The van der Waals surface area contributed by atoms with Crippen LogP contribution in [0.4, 0.5) is 0 Å². The van der Waals surface area contributed by atoms with E-state index >= 15 is 0 Å². The van der Waals surface area contributed by atoms with Gasteiger partial charge in [-0.2, -0.15) is 0 Å². The van der Waals surface area contributed by atoms with E-state index < -0.39 is 10.0 Å². The number of hydrogen-bond donors (Lipinski definition) is 2. The summed E-state index contributed by atoms with van der Waals surface area (Å²) in [4.78, 5) is 16.6. The van der Waals surface area contributed by atoms with Gasteiger partial charge in [0.25, 0.3) is 5.91 Å². The Bertz CT molecular complexity index is 953. The molecule has 1 unspecified atom stereocenters. The maximum absolute atomic E-state index is 12.7. The van der Waals surface area contributed by atoms with Crippen molar-refractivity contribution >= 4 is 27.3 Å². The summed E-state index contributed by atoms with van der Waals surface area (Å²) in [6, 6.07) is 7.03. The highest BCUT2D eigenvalue weighted by Crippen LogP contribution is 2.25. The van der Waals surface area contributed by atoms with Crippen LogP contribution in [-0.4, -0.2) is 44.9 Å². The first-order valence-electron chi connectivity index (χ1n) is 9.49. The lowest BCUT2D eigenvalue weighted by Crippen LogP contribution is -2.44. The quantitative estimate of drug-likeness (QED) is 0.720. The van der Waals surface area contributed by atoms with Gasteiger partial charge in [-0.25, -0.2) is 13.1 Å². The molecule has 1 amide bonds. The maximum atomic E-state index is 12.7. The summed E-state index contributed by atoms with van der Waals surface area (Å²) in [5.41, 5.74) is 2.53. The standard InChI is InChI=1S/C20H27N3O3S2/c1-4-22-28(25,26)17-6-5-14(2)18(11-17)20(24)21-12-15(3)23-9-7-19-16(13-23)8-10-27-19/h5-6,8,10-11,15,22H,4,7,9,12-13H2,1-3H3,(H,21,24). The molecule has 0 saturated heterocycles. The van der Waals surface area contributed by atoms with E-state index in [9.17, 15) is 13.2 Å². The first-order valence-corrected chi connectivity index (χ1v) is 11.9. The van der Waals surface area contributed by atoms with E-state index in [1.807, 2.05) is 18.3 Å². The van der Waals surface area contributed by atoms with E-state index in [1.54, 1.807) is 13.0 Å². The number of benzene rings is 1. The van der Waals surface area contributed by atoms with Gasteiger partial charge in [-0.3, -0.25) is 9.69 Å². The van der Waals surface area contributed by atoms with Crippen molar-refractivity contribution in [2.75, 3.05) is 19.6 Å². The first-order chi connectivity index (χ1) is 13.3. The molecule has 1 aliphatic rings. The van der Waals surface area contributed by atoms with Crippen LogP contribution in [0.5, 0.6) is 0 Å². The van der Waals surface area contributed by atoms with Gasteiger partial charge in [-0.15, -0.1) is 11.3 Å². The predicted molar refractivity (Wildman–Crippen MR) is 112 cm³/mol. The average molecular weight is 422 g/mol. The molecule has 2 N–H and O–H groups in total. The normalized spacial score (nSPS) is 15.8. The molecular formula is C20H27N3O3S2. The number of nitrogens with one attached hydrogen (secondary N) is 2. The van der Waals surface area contributed by atoms with Crippen LogP contribution >= 0.6 is 11.3 Å². The number of sulfonamides is 1. The van der Waals surface area contributed by atoms with Gasteiger partial charge in [0.2, 0.25) is 10.0 Å². The third-order valence-corrected chi connectivity index (χ3v) is 7.68. The summed E-state index contributed by atoms with van der Waals surface area (Å²) in [6.45, 7) is 8.35. The lowest BCUT2D eigenvalue weighted by molar-refractivity contribution is 0.0932. The topological polar surface area (TPSA) is 78.5 Å². The fraction of sp³-hybridized carbons (Fsp3) is 0.450. The molecule has 0 aliphatic carbocycles. The van der Waals surface area contributed by atoms with E-state index in [0.29, 0.717) is 18.7 Å². The highest BCUT2D eigenvalue weighted by Gasteiger charge is 2.22. The zero-order chi connectivity index (χ0) is 20.3. The van der Waals surface area contributed by atoms with Gasteiger partial charge < -0.3 is 5.32 Å². The Morgan fingerprint density at radius 1 is 1.32 bits per heavy atom. The number of rotatable bonds is 7. The largest absolute Gasteiger partial charge is 0.350 e. The molecule has 0 saturated carbocycles. The number of fused-ring (bicyclic) bond motifs is 1. The number of carbonyl (C=O) groups excluding carboxylic acids is 1. The number of hydrogen-bond acceptors (Lipinski definition) is 5. The minimum atomic E-state index is -3.59. The van der Waals surface area contributed by atoms with Crippen LogP contribution in [-0.2, 0) is 23.0 Å². The zero-order valence-corrected chi connectivity index (χ0v) is 18.1. The van der Waals surface area contributed by atoms with Crippen LogP contribution in [0.3, 0.4) is 0 Å². The summed E-state index contributed by atoms with van der Waals surface area (Å²) in [5, 5.41) is 5.11. The van der Waals surface area contributed by atoms with E-state index in [1.165, 1.54) is 22.6 Å². The lowest BCUT2D eigenvalue weighted by Gasteiger charge is -2.32. The fourth-order valence-electron chi connectivity index (χ4n) is 3.40. The summed E-state index contributed by atoms with van der Waals surface area (Å²) in [5.74, 6) is -0.244. The van der Waals surface area contributed by atoms with Crippen molar-refractivity contribution in [1.29, 1.82) is 0 Å². The highest BCUT2D eigenvalue weighted by molar-refractivity contribution is 7.89. The van der Waals surface area contributed by atoms with Crippen molar-refractivity contribution in [2.45, 2.75) is 44.7 Å². The molecule has 1 atom stereocenters. The monoisotopic (exact) mass is 421 g/mol. The summed E-state index contributed by atoms with van der Waals surface area (Å²) in [6.07, 6.45) is 1.05. The van der Waals surface area contributed by atoms with Gasteiger partial charge in [-0.05, 0) is 55.0 Å². The molecule has 1 aromatic heterocycles. The minimum Gasteiger partial charge on any atom is -0.350 e. The molecule has 1 aromatic carbocycles. The van der Waals surface area contributed by atoms with Gasteiger partial charge in [0, 0.05) is 42.7 Å². The average Bonchev–Trinajstić information content (AvgIpc) is 3.13. The van der Waals surface area contributed by atoms with Crippen LogP contribution in [0.25, 0.3) is 0 Å². The molecule has 0 spiro atoms. The summed E-state index contributed by atoms with van der Waals surface area (Å²) in [7, 11) is -3.59. The van der Waals surface area contributed by atoms with Crippen molar-refractivity contribution in [3.05, 3.63) is 51.2 Å². The Kier molecular flexibility index (Phi) is 6.54. The summed E-state index contributed by atoms with van der Waals surface area (Å²) < 4.78 is 26.9. The Morgan fingerprint density at radius 2 is 2.11 bits per heavy atom. The Balaban J connectivity index is 1.65. The molecule has 6 nitrogen and oxygen atoms in total. The minimum absolute atomic E-state index is 0.110. The Morgan fingerprint density at radius 3 is 2.86 bits per heavy atom. The second-order valence-corrected chi connectivity index (χ2v) is 9.89. The van der Waals surface area contributed by atoms with Gasteiger partial charge in [0.15, 0.2) is 0 Å². The molecular weight excluding hydrogens is 394 g/mol. The Labute approximate surface area is 171 Å². The van der Waals surface area contributed by atoms with Gasteiger partial charge in [0.05, 0.1) is 4.90 Å². The fourth-order valence-corrected chi connectivity index (χ4v) is 5.35. The molecule has 28 heavy (non-hydrogen) atoms. The second kappa shape index (κ2) is 8.73. The molecule has 3 rings (SSSR count). The van der Waals surface area contributed by atoms with Crippen molar-refractivity contribution in [2.24, 2.45) is 0 Å². The number of thiophene rings is 1. The lowest BCUT2D eigenvalue weighted by atomic mass is 10.1. The summed E-state index contributed by atoms with van der Waals surface area (Å²) >= 11 is 1.81. The molecule has 2 aromatic rings. The van der Waals surface area contributed by atoms with Crippen molar-refractivity contribution in [1.82, 2.24) is 14.9 Å². The number of nitrogens with zero attached hydrogens (tertiary/aromatic N) is 1. The third-order valence-electron chi connectivity index (χ3n) is 5.12. The molecule has 152 valence electrons. The van der Waals surface area contributed by atoms with E-state index in [0.717, 1.165) is 25.1 Å². The molecule has 0 fully saturated rings. The third kappa shape index (κ3) is 4.63. The number of carbonyl (C=O) groups is 1. The van der Waals surface area contributed by atoms with Gasteiger partial charge in [-0.1, -0.05) is 13.0 Å². The van der Waals surface area contributed by atoms with Crippen LogP contribution in [0.2, 0.25) is 0 Å². The SMILES string of the molecule is CCNS(=O)(=O)c1ccc(C)c(C(=O)NCC(C)N2CCc3sccc3C2)c1. The highest BCUT2D eigenvalue weighted by atomic mass is 32.2. The second-order valence-electron chi connectivity index (χ2n) is 7.13. The van der Waals surface area contributed by atoms with Crippen LogP contribution < -0.4 is 10.0 Å². The van der Waals surface area contributed by atoms with Crippen molar-refractivity contribution in [3.63, 3.8) is 0 Å². The predicted octanol–water partition coefficient (Wildman–Crippen LogP) is 2.53. The van der Waals surface area contributed by atoms with Gasteiger partial charge in [0.1, 0.15) is 0 Å². The van der Waals surface area contributed by atoms with E-state index in [2.05, 4.69) is 33.3 Å². The van der Waals surface area contributed by atoms with Crippen LogP contribution in [0.1, 0.15) is 40.2 Å². The Hall–Kier alpha value is -1.74. The van der Waals surface area contributed by atoms with Crippen LogP contribution in [0, 0.1) is 6.92 Å². The van der Waals surface area contributed by atoms with Gasteiger partial charge >= 0.3 is 0 Å². The van der Waals surface area contributed by atoms with Crippen molar-refractivity contribution < 1.29 is 13.2 Å². The van der Waals surface area contributed by atoms with Crippen molar-refractivity contribution in [3.8, 4) is 0 Å². The van der Waals surface area contributed by atoms with E-state index in [-0.39, 0.29) is 16.8 Å². The molecule has 0 radical (unpaired) electrons. The molecule has 1 aliphatic heterocycles. The molecule has 8 heteroatoms. The molecule has 2 heterocycles. The first kappa shape index (κ1) is 21.0. The zero-order valence-electron chi connectivity index (χ0n) is 16.5. The molecule has 0 bridgehead atoms.